The molecule has 1 aromatic heterocycles. The first-order chi connectivity index (χ1) is 10.5. The lowest BCUT2D eigenvalue weighted by Gasteiger charge is -2.21. The van der Waals surface area contributed by atoms with E-state index in [9.17, 15) is 4.79 Å². The molecule has 5 nitrogen and oxygen atoms in total. The summed E-state index contributed by atoms with van der Waals surface area (Å²) in [7, 11) is 0. The number of nitrogens with zero attached hydrogens (tertiary/aromatic N) is 2. The monoisotopic (exact) mass is 320 g/mol. The van der Waals surface area contributed by atoms with Crippen molar-refractivity contribution in [2.24, 2.45) is 0 Å². The molecule has 1 aromatic carbocycles. The lowest BCUT2D eigenvalue weighted by molar-refractivity contribution is -0.136. The average molecular weight is 320 g/mol. The molecule has 1 heterocycles. The van der Waals surface area contributed by atoms with E-state index in [-0.39, 0.29) is 6.42 Å². The Morgan fingerprint density at radius 1 is 1.27 bits per heavy atom. The van der Waals surface area contributed by atoms with Gasteiger partial charge in [-0.05, 0) is 26.0 Å². The molecule has 0 unspecified atom stereocenters. The summed E-state index contributed by atoms with van der Waals surface area (Å²) in [4.78, 5) is 17.2. The average Bonchev–Trinajstić information content (AvgIpc) is 2.91. The molecule has 0 saturated carbocycles. The maximum Gasteiger partial charge on any atom is 0.305 e. The zero-order valence-corrected chi connectivity index (χ0v) is 13.6. The van der Waals surface area contributed by atoms with Crippen LogP contribution in [0.5, 0.6) is 5.75 Å². The van der Waals surface area contributed by atoms with Crippen LogP contribution in [0.1, 0.15) is 17.7 Å². The Morgan fingerprint density at radius 2 is 2.00 bits per heavy atom. The Kier molecular flexibility index (Phi) is 5.77. The van der Waals surface area contributed by atoms with E-state index in [4.69, 9.17) is 9.84 Å². The van der Waals surface area contributed by atoms with E-state index in [1.807, 2.05) is 48.4 Å². The number of aromatic nitrogens is 1. The molecule has 0 fully saturated rings. The molecule has 6 heteroatoms. The number of ether oxygens (including phenoxy) is 1. The fourth-order valence-corrected chi connectivity index (χ4v) is 2.79. The molecule has 0 aliphatic heterocycles. The predicted octanol–water partition coefficient (Wildman–Crippen LogP) is 3.12. The van der Waals surface area contributed by atoms with Gasteiger partial charge in [-0.15, -0.1) is 11.3 Å². The van der Waals surface area contributed by atoms with Gasteiger partial charge >= 0.3 is 5.97 Å². The second kappa shape index (κ2) is 7.79. The molecule has 0 saturated heterocycles. The highest BCUT2D eigenvalue weighted by atomic mass is 32.1. The Balaban J connectivity index is 1.91. The van der Waals surface area contributed by atoms with Crippen molar-refractivity contribution < 1.29 is 14.6 Å². The van der Waals surface area contributed by atoms with E-state index in [1.54, 1.807) is 0 Å². The molecule has 0 aliphatic rings. The largest absolute Gasteiger partial charge is 0.492 e. The van der Waals surface area contributed by atoms with E-state index in [1.165, 1.54) is 16.9 Å². The fourth-order valence-electron chi connectivity index (χ4n) is 1.93. The van der Waals surface area contributed by atoms with Crippen molar-refractivity contribution in [3.63, 3.8) is 0 Å². The van der Waals surface area contributed by atoms with Crippen LogP contribution in [-0.2, 0) is 4.79 Å². The van der Waals surface area contributed by atoms with Crippen molar-refractivity contribution in [1.29, 1.82) is 0 Å². The van der Waals surface area contributed by atoms with Gasteiger partial charge in [0.05, 0.1) is 18.7 Å². The second-order valence-corrected chi connectivity index (χ2v) is 5.90. The molecule has 0 radical (unpaired) electrons. The van der Waals surface area contributed by atoms with E-state index >= 15 is 0 Å². The first-order valence-electron chi connectivity index (χ1n) is 7.13. The van der Waals surface area contributed by atoms with Crippen molar-refractivity contribution >= 4 is 22.4 Å². The summed E-state index contributed by atoms with van der Waals surface area (Å²) in [6.07, 6.45) is 0.0865. The van der Waals surface area contributed by atoms with Gasteiger partial charge in [-0.1, -0.05) is 17.7 Å². The van der Waals surface area contributed by atoms with Crippen molar-refractivity contribution in [3.05, 3.63) is 40.9 Å². The molecule has 2 rings (SSSR count). The van der Waals surface area contributed by atoms with E-state index in [0.717, 1.165) is 16.6 Å². The van der Waals surface area contributed by atoms with Gasteiger partial charge in [0.25, 0.3) is 0 Å². The van der Waals surface area contributed by atoms with Crippen molar-refractivity contribution in [2.75, 3.05) is 24.6 Å². The van der Waals surface area contributed by atoms with Crippen LogP contribution in [0, 0.1) is 13.8 Å². The normalized spacial score (nSPS) is 10.5. The molecule has 0 atom stereocenters. The molecule has 1 N–H and O–H groups in total. The van der Waals surface area contributed by atoms with Crippen LogP contribution in [-0.4, -0.2) is 35.8 Å². The Bertz CT molecular complexity index is 610. The lowest BCUT2D eigenvalue weighted by atomic mass is 10.2. The van der Waals surface area contributed by atoms with Crippen molar-refractivity contribution in [1.82, 2.24) is 4.98 Å². The maximum absolute atomic E-state index is 10.8. The number of anilines is 1. The Hall–Kier alpha value is -2.08. The quantitative estimate of drug-likeness (QED) is 0.809. The van der Waals surface area contributed by atoms with Crippen LogP contribution in [0.25, 0.3) is 0 Å². The van der Waals surface area contributed by atoms with E-state index < -0.39 is 5.97 Å². The maximum atomic E-state index is 10.8. The summed E-state index contributed by atoms with van der Waals surface area (Å²) < 4.78 is 5.71. The first-order valence-corrected chi connectivity index (χ1v) is 8.01. The van der Waals surface area contributed by atoms with Gasteiger partial charge in [-0.25, -0.2) is 4.98 Å². The molecule has 118 valence electrons. The fraction of sp³-hybridized carbons (Fsp3) is 0.375. The standard InChI is InChI=1S/C16H20N2O3S/c1-12-3-5-14(6-4-12)21-10-9-18(8-7-15(19)20)16-17-13(2)11-22-16/h3-6,11H,7-10H2,1-2H3,(H,19,20). The van der Waals surface area contributed by atoms with Crippen molar-refractivity contribution in [2.45, 2.75) is 20.3 Å². The summed E-state index contributed by atoms with van der Waals surface area (Å²) in [5, 5.41) is 11.7. The van der Waals surface area contributed by atoms with Gasteiger partial charge < -0.3 is 14.7 Å². The highest BCUT2D eigenvalue weighted by Crippen LogP contribution is 2.20. The lowest BCUT2D eigenvalue weighted by Crippen LogP contribution is -2.30. The minimum absolute atomic E-state index is 0.0865. The Labute approximate surface area is 134 Å². The van der Waals surface area contributed by atoms with E-state index in [0.29, 0.717) is 19.7 Å². The third-order valence-electron chi connectivity index (χ3n) is 3.12. The molecule has 22 heavy (non-hydrogen) atoms. The molecular formula is C16H20N2O3S. The zero-order valence-electron chi connectivity index (χ0n) is 12.8. The third-order valence-corrected chi connectivity index (χ3v) is 4.14. The van der Waals surface area contributed by atoms with E-state index in [2.05, 4.69) is 4.98 Å². The zero-order chi connectivity index (χ0) is 15.9. The minimum Gasteiger partial charge on any atom is -0.492 e. The van der Waals surface area contributed by atoms with Gasteiger partial charge in [0, 0.05) is 11.9 Å². The highest BCUT2D eigenvalue weighted by molar-refractivity contribution is 7.13. The SMILES string of the molecule is Cc1ccc(OCCN(CCC(=O)O)c2nc(C)cs2)cc1. The smallest absolute Gasteiger partial charge is 0.305 e. The molecule has 2 aromatic rings. The van der Waals surface area contributed by atoms with Crippen molar-refractivity contribution in [3.8, 4) is 5.75 Å². The second-order valence-electron chi connectivity index (χ2n) is 5.06. The topological polar surface area (TPSA) is 62.7 Å². The minimum atomic E-state index is -0.808. The Morgan fingerprint density at radius 3 is 2.59 bits per heavy atom. The number of rotatable bonds is 8. The molecular weight excluding hydrogens is 300 g/mol. The number of carbonyl (C=O) groups is 1. The summed E-state index contributed by atoms with van der Waals surface area (Å²) in [5.41, 5.74) is 2.13. The number of hydrogen-bond donors (Lipinski definition) is 1. The highest BCUT2D eigenvalue weighted by Gasteiger charge is 2.12. The van der Waals surface area contributed by atoms with Crippen LogP contribution in [0.2, 0.25) is 0 Å². The van der Waals surface area contributed by atoms with Gasteiger partial charge in [-0.3, -0.25) is 4.79 Å². The van der Waals surface area contributed by atoms with Gasteiger partial charge in [0.2, 0.25) is 0 Å². The number of aliphatic carboxylic acids is 1. The summed E-state index contributed by atoms with van der Waals surface area (Å²) in [5.74, 6) is 0.0110. The number of carboxylic acids is 1. The number of carboxylic acid groups (broad SMARTS) is 1. The summed E-state index contributed by atoms with van der Waals surface area (Å²) in [6.45, 7) is 5.48. The predicted molar refractivity (Wildman–Crippen MR) is 88.0 cm³/mol. The number of hydrogen-bond acceptors (Lipinski definition) is 5. The first kappa shape index (κ1) is 16.3. The number of thiazole rings is 1. The van der Waals surface area contributed by atoms with Crippen LogP contribution in [0.3, 0.4) is 0 Å². The van der Waals surface area contributed by atoms with Crippen LogP contribution in [0.4, 0.5) is 5.13 Å². The van der Waals surface area contributed by atoms with Gasteiger partial charge in [-0.2, -0.15) is 0 Å². The molecule has 0 bridgehead atoms. The molecule has 0 aliphatic carbocycles. The molecule has 0 spiro atoms. The van der Waals surface area contributed by atoms with Gasteiger partial charge in [0.15, 0.2) is 5.13 Å². The molecule has 0 amide bonds. The van der Waals surface area contributed by atoms with Crippen LogP contribution < -0.4 is 9.64 Å². The summed E-state index contributed by atoms with van der Waals surface area (Å²) in [6, 6.07) is 7.87. The van der Waals surface area contributed by atoms with Crippen LogP contribution in [0.15, 0.2) is 29.6 Å². The van der Waals surface area contributed by atoms with Gasteiger partial charge in [0.1, 0.15) is 12.4 Å². The number of benzene rings is 1. The van der Waals surface area contributed by atoms with Crippen LogP contribution >= 0.6 is 11.3 Å². The third kappa shape index (κ3) is 5.04. The summed E-state index contributed by atoms with van der Waals surface area (Å²) >= 11 is 1.52. The number of aryl methyl sites for hydroxylation is 2.